The largest absolute Gasteiger partial charge is 0.481 e. The van der Waals surface area contributed by atoms with Crippen molar-refractivity contribution in [3.63, 3.8) is 0 Å². The molecule has 0 unspecified atom stereocenters. The van der Waals surface area contributed by atoms with Crippen LogP contribution in [0.1, 0.15) is 193 Å². The molecule has 0 radical (unpaired) electrons. The summed E-state index contributed by atoms with van der Waals surface area (Å²) in [4.78, 5) is 131. The molecule has 0 bridgehead atoms. The average Bonchev–Trinajstić information content (AvgIpc) is 3.41. The van der Waals surface area contributed by atoms with Gasteiger partial charge in [0.2, 0.25) is 23.6 Å². The zero-order valence-corrected chi connectivity index (χ0v) is 47.5. The van der Waals surface area contributed by atoms with E-state index >= 15 is 0 Å². The molecule has 0 aliphatic heterocycles. The predicted molar refractivity (Wildman–Crippen MR) is 292 cm³/mol. The van der Waals surface area contributed by atoms with E-state index in [2.05, 4.69) is 21.3 Å². The van der Waals surface area contributed by atoms with Crippen LogP contribution in [0.4, 0.5) is 0 Å². The minimum Gasteiger partial charge on any atom is -0.481 e. The van der Waals surface area contributed by atoms with Crippen LogP contribution in [0.3, 0.4) is 0 Å². The van der Waals surface area contributed by atoms with Gasteiger partial charge in [0, 0.05) is 64.0 Å². The van der Waals surface area contributed by atoms with E-state index in [4.69, 9.17) is 29.2 Å². The number of rotatable bonds is 58. The van der Waals surface area contributed by atoms with Crippen molar-refractivity contribution in [1.29, 1.82) is 0 Å². The molecule has 24 nitrogen and oxygen atoms in total. The second-order valence-corrected chi connectivity index (χ2v) is 20.1. The molecule has 0 saturated heterocycles. The van der Waals surface area contributed by atoms with Gasteiger partial charge in [0.25, 0.3) is 0 Å². The van der Waals surface area contributed by atoms with Crippen LogP contribution in [-0.4, -0.2) is 175 Å². The fourth-order valence-electron chi connectivity index (χ4n) is 8.46. The Hall–Kier alpha value is -5.43. The number of carbonyl (C=O) groups is 11. The molecule has 460 valence electrons. The Morgan fingerprint density at radius 1 is 0.388 bits per heavy atom. The summed E-state index contributed by atoms with van der Waals surface area (Å²) >= 11 is 0. The van der Waals surface area contributed by atoms with Crippen LogP contribution in [0.25, 0.3) is 0 Å². The number of carboxylic acids is 4. The van der Waals surface area contributed by atoms with E-state index in [1.807, 2.05) is 6.92 Å². The van der Waals surface area contributed by atoms with Crippen molar-refractivity contribution in [2.45, 2.75) is 205 Å². The molecule has 0 aliphatic rings. The number of amides is 4. The van der Waals surface area contributed by atoms with Crippen LogP contribution in [0, 0.1) is 11.8 Å². The molecule has 24 heteroatoms. The van der Waals surface area contributed by atoms with Gasteiger partial charge >= 0.3 is 23.9 Å². The molecule has 0 aromatic heterocycles. The lowest BCUT2D eigenvalue weighted by molar-refractivity contribution is -0.145. The van der Waals surface area contributed by atoms with Crippen molar-refractivity contribution in [3.8, 4) is 0 Å². The maximum Gasteiger partial charge on any atom is 0.326 e. The van der Waals surface area contributed by atoms with E-state index in [9.17, 15) is 68.1 Å². The molecular formula is C56H96N4O20. The highest BCUT2D eigenvalue weighted by molar-refractivity contribution is 5.87. The second kappa shape index (κ2) is 50.5. The van der Waals surface area contributed by atoms with Crippen molar-refractivity contribution in [2.75, 3.05) is 72.6 Å². The maximum absolute atomic E-state index is 12.5. The third-order valence-corrected chi connectivity index (χ3v) is 13.2. The highest BCUT2D eigenvalue weighted by Crippen LogP contribution is 2.18. The van der Waals surface area contributed by atoms with E-state index < -0.39 is 85.0 Å². The molecule has 9 N–H and O–H groups in total. The first-order valence-corrected chi connectivity index (χ1v) is 28.9. The number of Topliss-reactive ketones (excluding diaryl/α,β-unsaturated/α-hetero) is 3. The summed E-state index contributed by atoms with van der Waals surface area (Å²) in [6.45, 7) is 1.60. The van der Waals surface area contributed by atoms with Gasteiger partial charge in [0.15, 0.2) is 11.6 Å². The minimum atomic E-state index is -1.36. The molecule has 0 spiro atoms. The van der Waals surface area contributed by atoms with Gasteiger partial charge in [-0.25, -0.2) is 9.59 Å². The smallest absolute Gasteiger partial charge is 0.326 e. The number of hydrogen-bond acceptors (Lipinski definition) is 16. The number of carboxylic acid groups (broad SMARTS) is 4. The zero-order valence-electron chi connectivity index (χ0n) is 47.5. The molecule has 0 fully saturated rings. The van der Waals surface area contributed by atoms with Crippen LogP contribution in [0.5, 0.6) is 0 Å². The first-order valence-electron chi connectivity index (χ1n) is 28.9. The van der Waals surface area contributed by atoms with Crippen molar-refractivity contribution in [1.82, 2.24) is 21.3 Å². The minimum absolute atomic E-state index is 0.00322. The normalized spacial score (nSPS) is 12.6. The molecule has 0 aromatic rings. The quantitative estimate of drug-likeness (QED) is 0.0367. The fourth-order valence-corrected chi connectivity index (χ4v) is 8.46. The first-order chi connectivity index (χ1) is 38.4. The Morgan fingerprint density at radius 2 is 0.825 bits per heavy atom. The fraction of sp³-hybridized carbons (Fsp3) is 0.804. The zero-order chi connectivity index (χ0) is 59.6. The molecule has 0 heterocycles. The molecule has 4 amide bonds. The third-order valence-electron chi connectivity index (χ3n) is 13.2. The molecule has 0 saturated carbocycles. The number of hydrogen-bond donors (Lipinski definition) is 9. The van der Waals surface area contributed by atoms with Crippen molar-refractivity contribution in [2.24, 2.45) is 11.8 Å². The number of aliphatic carboxylic acids is 4. The summed E-state index contributed by atoms with van der Waals surface area (Å²) < 4.78 is 21.3. The number of aliphatic hydroxyl groups excluding tert-OH is 1. The van der Waals surface area contributed by atoms with Gasteiger partial charge in [-0.2, -0.15) is 0 Å². The van der Waals surface area contributed by atoms with Gasteiger partial charge in [-0.05, 0) is 51.4 Å². The summed E-state index contributed by atoms with van der Waals surface area (Å²) in [6.07, 6.45) is 17.2. The number of ether oxygens (including phenoxy) is 4. The van der Waals surface area contributed by atoms with Gasteiger partial charge in [-0.1, -0.05) is 96.8 Å². The van der Waals surface area contributed by atoms with Crippen molar-refractivity contribution >= 4 is 64.9 Å². The standard InChI is InChI=1S/C56H96N4O20/c1-2-42(48(64)39-61)20-16-15-17-21-44(62)25-26-46(55(73)74)60-51(67)28-24-43(54(71)72)38-45(63)40-79-36-34-78-33-31-58-52(68)41-80-37-35-77-32-30-57-49(65)29-27-47(56(75)76)59-50(66)22-18-13-11-9-7-5-3-4-6-8-10-12-14-19-23-53(69)70/h42-43,46-47,61H,2-41H2,1H3,(H,57,65)(H,58,68)(H,59,66)(H,60,67)(H,69,70)(H,71,72)(H,73,74)(H,75,76)/t42-,43+,46-,47-/m0/s1. The number of nitrogens with one attached hydrogen (secondary N) is 4. The third kappa shape index (κ3) is 45.3. The monoisotopic (exact) mass is 1140 g/mol. The van der Waals surface area contributed by atoms with Gasteiger partial charge in [0.1, 0.15) is 37.7 Å². The summed E-state index contributed by atoms with van der Waals surface area (Å²) in [6, 6.07) is -2.54. The molecule has 0 rings (SSSR count). The summed E-state index contributed by atoms with van der Waals surface area (Å²) in [5.74, 6) is -8.85. The van der Waals surface area contributed by atoms with E-state index in [-0.39, 0.29) is 141 Å². The van der Waals surface area contributed by atoms with Crippen LogP contribution < -0.4 is 21.3 Å². The summed E-state index contributed by atoms with van der Waals surface area (Å²) in [5, 5.41) is 56.5. The first kappa shape index (κ1) is 74.6. The lowest BCUT2D eigenvalue weighted by Crippen LogP contribution is -2.41. The molecular weight excluding hydrogens is 1050 g/mol. The number of aliphatic hydroxyl groups is 1. The van der Waals surface area contributed by atoms with Crippen molar-refractivity contribution in [3.05, 3.63) is 0 Å². The Morgan fingerprint density at radius 3 is 1.32 bits per heavy atom. The van der Waals surface area contributed by atoms with E-state index in [0.29, 0.717) is 38.5 Å². The van der Waals surface area contributed by atoms with Crippen LogP contribution >= 0.6 is 0 Å². The predicted octanol–water partition coefficient (Wildman–Crippen LogP) is 4.86. The van der Waals surface area contributed by atoms with E-state index in [0.717, 1.165) is 51.4 Å². The lowest BCUT2D eigenvalue weighted by Gasteiger charge is -2.16. The SMILES string of the molecule is CC[C@@H](CCCCCC(=O)CC[C@H](NC(=O)CC[C@H](CC(=O)COCCOCCNC(=O)COCCOCCNC(=O)CC[C@H](NC(=O)CCCCCCCCCCCCCCCCC(=O)O)C(=O)O)C(=O)O)C(=O)O)C(=O)CO. The van der Waals surface area contributed by atoms with Crippen LogP contribution in [-0.2, 0) is 71.7 Å². The molecule has 0 aliphatic carbocycles. The Kier molecular flexibility index (Phi) is 47.1. The summed E-state index contributed by atoms with van der Waals surface area (Å²) in [5.41, 5.74) is 0. The van der Waals surface area contributed by atoms with Crippen LogP contribution in [0.2, 0.25) is 0 Å². The topological polar surface area (TPSA) is 374 Å². The Labute approximate surface area is 471 Å². The van der Waals surface area contributed by atoms with Gasteiger partial charge in [-0.15, -0.1) is 0 Å². The highest BCUT2D eigenvalue weighted by Gasteiger charge is 2.26. The van der Waals surface area contributed by atoms with Gasteiger partial charge in [0.05, 0.1) is 45.6 Å². The number of carbonyl (C=O) groups excluding carboxylic acids is 7. The van der Waals surface area contributed by atoms with Crippen LogP contribution in [0.15, 0.2) is 0 Å². The molecule has 0 aromatic carbocycles. The van der Waals surface area contributed by atoms with E-state index in [1.165, 1.54) is 32.1 Å². The maximum atomic E-state index is 12.5. The van der Waals surface area contributed by atoms with Crippen molar-refractivity contribution < 1.29 is 97.2 Å². The highest BCUT2D eigenvalue weighted by atomic mass is 16.5. The van der Waals surface area contributed by atoms with E-state index in [1.54, 1.807) is 0 Å². The average molecular weight is 1150 g/mol. The van der Waals surface area contributed by atoms with Gasteiger partial charge in [-0.3, -0.25) is 43.2 Å². The Balaban J connectivity index is 3.98. The second-order valence-electron chi connectivity index (χ2n) is 20.1. The summed E-state index contributed by atoms with van der Waals surface area (Å²) in [7, 11) is 0. The number of unbranched alkanes of at least 4 members (excludes halogenated alkanes) is 15. The molecule has 80 heavy (non-hydrogen) atoms. The Bertz CT molecular complexity index is 1800. The number of ketones is 3. The van der Waals surface area contributed by atoms with Gasteiger partial charge < -0.3 is 65.7 Å². The lowest BCUT2D eigenvalue weighted by atomic mass is 9.94. The molecule has 4 atom stereocenters.